The highest BCUT2D eigenvalue weighted by molar-refractivity contribution is 5.78. The molecular formula is C11H22N2O3. The molecule has 1 aliphatic rings. The van der Waals surface area contributed by atoms with Crippen molar-refractivity contribution >= 4 is 5.91 Å². The number of carbonyl (C=O) groups is 1. The van der Waals surface area contributed by atoms with E-state index in [2.05, 4.69) is 0 Å². The van der Waals surface area contributed by atoms with Gasteiger partial charge in [-0.05, 0) is 26.9 Å². The van der Waals surface area contributed by atoms with Crippen LogP contribution in [0, 0.1) is 5.41 Å². The van der Waals surface area contributed by atoms with Crippen molar-refractivity contribution in [1.29, 1.82) is 0 Å². The predicted octanol–water partition coefficient (Wildman–Crippen LogP) is -0.859. The molecule has 1 amide bonds. The monoisotopic (exact) mass is 230 g/mol. The zero-order valence-corrected chi connectivity index (χ0v) is 10.1. The fourth-order valence-corrected chi connectivity index (χ4v) is 1.97. The summed E-state index contributed by atoms with van der Waals surface area (Å²) in [5.41, 5.74) is -0.380. The minimum absolute atomic E-state index is 0.000783. The van der Waals surface area contributed by atoms with Gasteiger partial charge in [0.05, 0.1) is 19.8 Å². The van der Waals surface area contributed by atoms with E-state index in [1.54, 1.807) is 0 Å². The second-order valence-corrected chi connectivity index (χ2v) is 4.93. The van der Waals surface area contributed by atoms with Crippen LogP contribution in [0.1, 0.15) is 12.8 Å². The highest BCUT2D eigenvalue weighted by Crippen LogP contribution is 2.30. The van der Waals surface area contributed by atoms with Crippen LogP contribution in [-0.4, -0.2) is 72.9 Å². The number of carbonyl (C=O) groups excluding carboxylic acids is 1. The molecule has 0 aromatic heterocycles. The normalized spacial score (nSPS) is 20.2. The van der Waals surface area contributed by atoms with Gasteiger partial charge in [-0.15, -0.1) is 0 Å². The first-order chi connectivity index (χ1) is 7.53. The lowest BCUT2D eigenvalue weighted by Gasteiger charge is -2.39. The molecular weight excluding hydrogens is 208 g/mol. The van der Waals surface area contributed by atoms with Crippen LogP contribution in [-0.2, 0) is 4.79 Å². The second-order valence-electron chi connectivity index (χ2n) is 4.93. The molecule has 0 aliphatic carbocycles. The third-order valence-corrected chi connectivity index (χ3v) is 3.30. The topological polar surface area (TPSA) is 64.0 Å². The van der Waals surface area contributed by atoms with Gasteiger partial charge in [-0.2, -0.15) is 0 Å². The first-order valence-electron chi connectivity index (χ1n) is 5.67. The van der Waals surface area contributed by atoms with Crippen LogP contribution in [0.25, 0.3) is 0 Å². The molecule has 0 bridgehead atoms. The Morgan fingerprint density at radius 1 is 1.25 bits per heavy atom. The number of rotatable bonds is 4. The molecule has 1 rings (SSSR count). The van der Waals surface area contributed by atoms with E-state index < -0.39 is 0 Å². The zero-order valence-electron chi connectivity index (χ0n) is 10.1. The summed E-state index contributed by atoms with van der Waals surface area (Å²) in [6.45, 7) is 1.69. The largest absolute Gasteiger partial charge is 0.396 e. The van der Waals surface area contributed by atoms with Crippen LogP contribution in [0.4, 0.5) is 0 Å². The lowest BCUT2D eigenvalue weighted by Crippen LogP contribution is -2.48. The summed E-state index contributed by atoms with van der Waals surface area (Å²) in [4.78, 5) is 15.4. The standard InChI is InChI=1S/C11H22N2O3/c1-12(2)7-10(16)13-5-3-11(8-14,9-15)4-6-13/h14-15H,3-9H2,1-2H3. The highest BCUT2D eigenvalue weighted by Gasteiger charge is 2.34. The number of amides is 1. The molecule has 1 heterocycles. The quantitative estimate of drug-likeness (QED) is 0.660. The number of aliphatic hydroxyl groups excluding tert-OH is 2. The number of likely N-dealkylation sites (tertiary alicyclic amines) is 1. The Hall–Kier alpha value is -0.650. The van der Waals surface area contributed by atoms with Gasteiger partial charge in [0.15, 0.2) is 0 Å². The van der Waals surface area contributed by atoms with E-state index in [1.807, 2.05) is 23.9 Å². The van der Waals surface area contributed by atoms with Crippen LogP contribution < -0.4 is 0 Å². The molecule has 2 N–H and O–H groups in total. The molecule has 0 saturated carbocycles. The summed E-state index contributed by atoms with van der Waals surface area (Å²) >= 11 is 0. The van der Waals surface area contributed by atoms with Crippen molar-refractivity contribution < 1.29 is 15.0 Å². The molecule has 16 heavy (non-hydrogen) atoms. The lowest BCUT2D eigenvalue weighted by atomic mass is 9.80. The molecule has 1 aliphatic heterocycles. The lowest BCUT2D eigenvalue weighted by molar-refractivity contribution is -0.135. The van der Waals surface area contributed by atoms with Crippen molar-refractivity contribution in [2.24, 2.45) is 5.41 Å². The van der Waals surface area contributed by atoms with Crippen molar-refractivity contribution in [3.8, 4) is 0 Å². The highest BCUT2D eigenvalue weighted by atomic mass is 16.3. The van der Waals surface area contributed by atoms with Crippen LogP contribution >= 0.6 is 0 Å². The van der Waals surface area contributed by atoms with E-state index in [1.165, 1.54) is 0 Å². The molecule has 1 fully saturated rings. The van der Waals surface area contributed by atoms with Gasteiger partial charge in [-0.3, -0.25) is 4.79 Å². The Kier molecular flexibility index (Phi) is 4.70. The second kappa shape index (κ2) is 5.61. The molecule has 0 unspecified atom stereocenters. The molecule has 0 spiro atoms. The van der Waals surface area contributed by atoms with Crippen molar-refractivity contribution in [2.45, 2.75) is 12.8 Å². The SMILES string of the molecule is CN(C)CC(=O)N1CCC(CO)(CO)CC1. The van der Waals surface area contributed by atoms with Crippen molar-refractivity contribution in [3.05, 3.63) is 0 Å². The summed E-state index contributed by atoms with van der Waals surface area (Å²) in [7, 11) is 3.74. The van der Waals surface area contributed by atoms with Crippen LogP contribution in [0.2, 0.25) is 0 Å². The minimum Gasteiger partial charge on any atom is -0.396 e. The van der Waals surface area contributed by atoms with E-state index in [0.717, 1.165) is 0 Å². The molecule has 0 aromatic carbocycles. The van der Waals surface area contributed by atoms with Crippen LogP contribution in [0.3, 0.4) is 0 Å². The summed E-state index contributed by atoms with van der Waals surface area (Å²) in [6.07, 6.45) is 1.36. The molecule has 5 heteroatoms. The number of nitrogens with zero attached hydrogens (tertiary/aromatic N) is 2. The predicted molar refractivity (Wildman–Crippen MR) is 61.0 cm³/mol. The smallest absolute Gasteiger partial charge is 0.236 e. The number of piperidine rings is 1. The van der Waals surface area contributed by atoms with E-state index in [0.29, 0.717) is 32.5 Å². The Bertz CT molecular complexity index is 229. The average Bonchev–Trinajstić information content (AvgIpc) is 2.28. The maximum atomic E-state index is 11.8. The molecule has 94 valence electrons. The van der Waals surface area contributed by atoms with Gasteiger partial charge in [0.25, 0.3) is 0 Å². The first kappa shape index (κ1) is 13.4. The minimum atomic E-state index is -0.380. The van der Waals surface area contributed by atoms with Gasteiger partial charge in [-0.25, -0.2) is 0 Å². The average molecular weight is 230 g/mol. The molecule has 0 aromatic rings. The maximum absolute atomic E-state index is 11.8. The van der Waals surface area contributed by atoms with Gasteiger partial charge in [0.1, 0.15) is 0 Å². The van der Waals surface area contributed by atoms with Gasteiger partial charge >= 0.3 is 0 Å². The summed E-state index contributed by atoms with van der Waals surface area (Å²) in [5, 5.41) is 18.5. The summed E-state index contributed by atoms with van der Waals surface area (Å²) < 4.78 is 0. The molecule has 0 radical (unpaired) electrons. The Morgan fingerprint density at radius 3 is 2.12 bits per heavy atom. The van der Waals surface area contributed by atoms with Gasteiger partial charge in [0, 0.05) is 18.5 Å². The van der Waals surface area contributed by atoms with E-state index in [-0.39, 0.29) is 24.5 Å². The molecule has 0 atom stereocenters. The number of aliphatic hydroxyl groups is 2. The van der Waals surface area contributed by atoms with Crippen molar-refractivity contribution in [2.75, 3.05) is 46.9 Å². The van der Waals surface area contributed by atoms with Gasteiger partial charge < -0.3 is 20.0 Å². The van der Waals surface area contributed by atoms with E-state index in [4.69, 9.17) is 0 Å². The third-order valence-electron chi connectivity index (χ3n) is 3.30. The maximum Gasteiger partial charge on any atom is 0.236 e. The van der Waals surface area contributed by atoms with Crippen LogP contribution in [0.5, 0.6) is 0 Å². The number of hydrogen-bond acceptors (Lipinski definition) is 4. The van der Waals surface area contributed by atoms with E-state index >= 15 is 0 Å². The van der Waals surface area contributed by atoms with Gasteiger partial charge in [-0.1, -0.05) is 0 Å². The van der Waals surface area contributed by atoms with Crippen molar-refractivity contribution in [3.63, 3.8) is 0 Å². The third kappa shape index (κ3) is 3.17. The number of likely N-dealkylation sites (N-methyl/N-ethyl adjacent to an activating group) is 1. The summed E-state index contributed by atoms with van der Waals surface area (Å²) in [6, 6.07) is 0. The number of hydrogen-bond donors (Lipinski definition) is 2. The fraction of sp³-hybridized carbons (Fsp3) is 0.909. The molecule has 5 nitrogen and oxygen atoms in total. The van der Waals surface area contributed by atoms with E-state index in [9.17, 15) is 15.0 Å². The first-order valence-corrected chi connectivity index (χ1v) is 5.67. The Balaban J connectivity index is 2.45. The zero-order chi connectivity index (χ0) is 12.2. The van der Waals surface area contributed by atoms with Crippen molar-refractivity contribution in [1.82, 2.24) is 9.80 Å². The summed E-state index contributed by atoms with van der Waals surface area (Å²) in [5.74, 6) is 0.120. The van der Waals surface area contributed by atoms with Gasteiger partial charge in [0.2, 0.25) is 5.91 Å². The molecule has 1 saturated heterocycles. The Labute approximate surface area is 96.7 Å². The fourth-order valence-electron chi connectivity index (χ4n) is 1.97. The Morgan fingerprint density at radius 2 is 1.75 bits per heavy atom. The van der Waals surface area contributed by atoms with Crippen LogP contribution in [0.15, 0.2) is 0 Å².